The van der Waals surface area contributed by atoms with Gasteiger partial charge in [0, 0.05) is 29.7 Å². The molecule has 0 saturated carbocycles. The number of methoxy groups -OCH3 is 1. The van der Waals surface area contributed by atoms with E-state index in [0.29, 0.717) is 17.1 Å². The van der Waals surface area contributed by atoms with Crippen molar-refractivity contribution in [2.24, 2.45) is 0 Å². The Hall–Kier alpha value is -3.95. The number of halogens is 2. The van der Waals surface area contributed by atoms with Gasteiger partial charge in [-0.05, 0) is 35.2 Å². The number of hydrogen-bond acceptors (Lipinski definition) is 6. The average Bonchev–Trinajstić information content (AvgIpc) is 3.11. The number of rotatable bonds is 6. The van der Waals surface area contributed by atoms with Crippen LogP contribution in [0, 0.1) is 11.6 Å². The van der Waals surface area contributed by atoms with Crippen LogP contribution in [0.3, 0.4) is 0 Å². The summed E-state index contributed by atoms with van der Waals surface area (Å²) in [6, 6.07) is 7.25. The number of ether oxygens (including phenoxy) is 2. The first-order chi connectivity index (χ1) is 17.5. The molecule has 0 aliphatic carbocycles. The van der Waals surface area contributed by atoms with E-state index in [1.165, 1.54) is 12.0 Å². The highest BCUT2D eigenvalue weighted by molar-refractivity contribution is 5.92. The van der Waals surface area contributed by atoms with Gasteiger partial charge >= 0.3 is 0 Å². The summed E-state index contributed by atoms with van der Waals surface area (Å²) >= 11 is 0. The van der Waals surface area contributed by atoms with Crippen LogP contribution >= 0.6 is 0 Å². The molecule has 10 heteroatoms. The molecular weight excluding hydrogens is 486 g/mol. The van der Waals surface area contributed by atoms with Crippen molar-refractivity contribution >= 4 is 11.7 Å². The topological polar surface area (TPSA) is 102 Å². The van der Waals surface area contributed by atoms with Gasteiger partial charge in [-0.15, -0.1) is 0 Å². The number of nitrogens with one attached hydrogen (secondary N) is 1. The van der Waals surface area contributed by atoms with Gasteiger partial charge < -0.3 is 18.9 Å². The van der Waals surface area contributed by atoms with E-state index in [9.17, 15) is 23.2 Å². The molecule has 0 radical (unpaired) electrons. The minimum atomic E-state index is -1.10. The zero-order valence-corrected chi connectivity index (χ0v) is 21.0. The van der Waals surface area contributed by atoms with E-state index in [0.717, 1.165) is 18.2 Å². The molecule has 1 aliphatic heterocycles. The molecule has 1 aliphatic rings. The maximum absolute atomic E-state index is 14.8. The fourth-order valence-corrected chi connectivity index (χ4v) is 4.56. The lowest BCUT2D eigenvalue weighted by Crippen LogP contribution is -2.41. The second-order valence-electron chi connectivity index (χ2n) is 9.93. The van der Waals surface area contributed by atoms with E-state index in [1.54, 1.807) is 39.0 Å². The molecule has 0 fully saturated rings. The highest BCUT2D eigenvalue weighted by Crippen LogP contribution is 2.37. The van der Waals surface area contributed by atoms with Gasteiger partial charge in [0.25, 0.3) is 5.56 Å². The summed E-state index contributed by atoms with van der Waals surface area (Å²) in [7, 11) is 1.49. The Morgan fingerprint density at radius 2 is 1.81 bits per heavy atom. The van der Waals surface area contributed by atoms with Crippen molar-refractivity contribution in [2.45, 2.75) is 45.1 Å². The van der Waals surface area contributed by atoms with Gasteiger partial charge in [-0.2, -0.15) is 5.16 Å². The van der Waals surface area contributed by atoms with E-state index in [2.05, 4.69) is 5.16 Å². The number of benzene rings is 2. The monoisotopic (exact) mass is 514 g/mol. The Morgan fingerprint density at radius 3 is 2.41 bits per heavy atom. The SMILES string of the molecule is COc1ccc2c(c1)OCCN(C(=O)Cc1cc(=O)[nH]o1)[C@H]2C(=O)Cc1cc(F)c(C(C)(C)C)c(F)c1. The number of aromatic nitrogens is 1. The van der Waals surface area contributed by atoms with Crippen LogP contribution in [0.2, 0.25) is 0 Å². The number of ketones is 1. The van der Waals surface area contributed by atoms with E-state index < -0.39 is 40.3 Å². The smallest absolute Gasteiger partial charge is 0.280 e. The molecule has 0 spiro atoms. The molecule has 37 heavy (non-hydrogen) atoms. The van der Waals surface area contributed by atoms with E-state index >= 15 is 0 Å². The average molecular weight is 515 g/mol. The van der Waals surface area contributed by atoms with Gasteiger partial charge in [-0.3, -0.25) is 14.4 Å². The third kappa shape index (κ3) is 5.58. The van der Waals surface area contributed by atoms with Crippen molar-refractivity contribution in [3.05, 3.63) is 80.8 Å². The number of aromatic amines is 1. The number of amides is 1. The van der Waals surface area contributed by atoms with Crippen LogP contribution in [0.1, 0.15) is 49.3 Å². The molecule has 1 aromatic heterocycles. The molecule has 0 saturated heterocycles. The Balaban J connectivity index is 1.71. The zero-order valence-electron chi connectivity index (χ0n) is 21.0. The van der Waals surface area contributed by atoms with Crippen LogP contribution in [-0.4, -0.2) is 42.0 Å². The normalized spacial score (nSPS) is 15.5. The second kappa shape index (κ2) is 10.2. The first-order valence-electron chi connectivity index (χ1n) is 11.8. The van der Waals surface area contributed by atoms with Crippen molar-refractivity contribution < 1.29 is 32.4 Å². The van der Waals surface area contributed by atoms with Crippen molar-refractivity contribution in [3.63, 3.8) is 0 Å². The molecule has 4 rings (SSSR count). The molecular formula is C27H28F2N2O6. The van der Waals surface area contributed by atoms with Gasteiger partial charge in [0.2, 0.25) is 5.91 Å². The quantitative estimate of drug-likeness (QED) is 0.536. The molecule has 1 N–H and O–H groups in total. The van der Waals surface area contributed by atoms with Crippen LogP contribution in [0.25, 0.3) is 0 Å². The first kappa shape index (κ1) is 26.1. The maximum Gasteiger partial charge on any atom is 0.280 e. The number of carbonyl (C=O) groups excluding carboxylic acids is 2. The highest BCUT2D eigenvalue weighted by atomic mass is 19.1. The Kier molecular flexibility index (Phi) is 7.20. The van der Waals surface area contributed by atoms with Gasteiger partial charge in [0.15, 0.2) is 5.78 Å². The van der Waals surface area contributed by atoms with E-state index in [4.69, 9.17) is 14.0 Å². The molecule has 0 bridgehead atoms. The lowest BCUT2D eigenvalue weighted by Gasteiger charge is -2.29. The first-order valence-corrected chi connectivity index (χ1v) is 11.8. The summed E-state index contributed by atoms with van der Waals surface area (Å²) in [6.45, 7) is 5.26. The highest BCUT2D eigenvalue weighted by Gasteiger charge is 2.36. The van der Waals surface area contributed by atoms with Gasteiger partial charge in [0.1, 0.15) is 41.5 Å². The summed E-state index contributed by atoms with van der Waals surface area (Å²) < 4.78 is 45.8. The summed E-state index contributed by atoms with van der Waals surface area (Å²) in [5, 5.41) is 2.13. The van der Waals surface area contributed by atoms with Crippen LogP contribution in [0.15, 0.2) is 45.7 Å². The van der Waals surface area contributed by atoms with E-state index in [1.807, 2.05) is 0 Å². The molecule has 1 atom stereocenters. The van der Waals surface area contributed by atoms with Gasteiger partial charge in [0.05, 0.1) is 20.1 Å². The van der Waals surface area contributed by atoms with Crippen LogP contribution < -0.4 is 15.0 Å². The lowest BCUT2D eigenvalue weighted by molar-refractivity contribution is -0.139. The number of carbonyl (C=O) groups is 2. The fraction of sp³-hybridized carbons (Fsp3) is 0.370. The number of H-pyrrole nitrogens is 1. The number of hydrogen-bond donors (Lipinski definition) is 1. The largest absolute Gasteiger partial charge is 0.497 e. The number of fused-ring (bicyclic) bond motifs is 1. The second-order valence-corrected chi connectivity index (χ2v) is 9.93. The molecule has 3 aromatic rings. The van der Waals surface area contributed by atoms with Gasteiger partial charge in [-0.25, -0.2) is 8.78 Å². The van der Waals surface area contributed by atoms with Crippen LogP contribution in [0.5, 0.6) is 11.5 Å². The summed E-state index contributed by atoms with van der Waals surface area (Å²) in [6.07, 6.45) is -0.588. The number of nitrogens with zero attached hydrogens (tertiary/aromatic N) is 1. The molecule has 1 amide bonds. The maximum atomic E-state index is 14.8. The Bertz CT molecular complexity index is 1370. The minimum Gasteiger partial charge on any atom is -0.497 e. The lowest BCUT2D eigenvalue weighted by atomic mass is 9.85. The predicted molar refractivity (Wildman–Crippen MR) is 130 cm³/mol. The van der Waals surface area contributed by atoms with Crippen molar-refractivity contribution in [1.29, 1.82) is 0 Å². The predicted octanol–water partition coefficient (Wildman–Crippen LogP) is 3.87. The molecule has 2 aromatic carbocycles. The third-order valence-corrected chi connectivity index (χ3v) is 6.17. The summed E-state index contributed by atoms with van der Waals surface area (Å²) in [5.74, 6) is -1.43. The Labute approximate surface area is 212 Å². The van der Waals surface area contributed by atoms with E-state index in [-0.39, 0.29) is 42.9 Å². The Morgan fingerprint density at radius 1 is 1.11 bits per heavy atom. The van der Waals surface area contributed by atoms with Crippen molar-refractivity contribution in [3.8, 4) is 11.5 Å². The van der Waals surface area contributed by atoms with Crippen LogP contribution in [-0.2, 0) is 27.8 Å². The molecule has 2 heterocycles. The van der Waals surface area contributed by atoms with Crippen molar-refractivity contribution in [2.75, 3.05) is 20.3 Å². The standard InChI is InChI=1S/C27H28F2N2O6/c1-27(2,3)25-19(28)9-15(10-20(25)29)11-21(32)26-18-6-5-16(35-4)12-22(18)36-8-7-31(26)24(34)14-17-13-23(33)30-37-17/h5-6,9-10,12-13,26H,7-8,11,14H2,1-4H3,(H,30,33)/t26-/m1/s1. The van der Waals surface area contributed by atoms with Gasteiger partial charge in [-0.1, -0.05) is 20.8 Å². The molecule has 8 nitrogen and oxygen atoms in total. The summed E-state index contributed by atoms with van der Waals surface area (Å²) in [4.78, 5) is 39.8. The third-order valence-electron chi connectivity index (χ3n) is 6.17. The fourth-order valence-electron chi connectivity index (χ4n) is 4.56. The summed E-state index contributed by atoms with van der Waals surface area (Å²) in [5.41, 5.74) is -0.746. The van der Waals surface area contributed by atoms with Crippen molar-refractivity contribution in [1.82, 2.24) is 10.1 Å². The van der Waals surface area contributed by atoms with Crippen LogP contribution in [0.4, 0.5) is 8.78 Å². The molecule has 0 unspecified atom stereocenters. The minimum absolute atomic E-state index is 0.0613. The molecule has 196 valence electrons. The number of Topliss-reactive ketones (excluding diaryl/α,β-unsaturated/α-hetero) is 1. The zero-order chi connectivity index (χ0) is 26.9.